The molecule has 0 fully saturated rings. The highest BCUT2D eigenvalue weighted by molar-refractivity contribution is 6.33. The first-order valence-corrected chi connectivity index (χ1v) is 6.70. The fourth-order valence-corrected chi connectivity index (χ4v) is 1.72. The minimum absolute atomic E-state index is 0.141. The smallest absolute Gasteiger partial charge is 0.231 e. The van der Waals surface area contributed by atoms with Gasteiger partial charge in [0.05, 0.1) is 10.7 Å². The lowest BCUT2D eigenvalue weighted by Crippen LogP contribution is -1.99. The third-order valence-corrected chi connectivity index (χ3v) is 2.87. The summed E-state index contributed by atoms with van der Waals surface area (Å²) < 4.78 is 0. The molecule has 0 atom stereocenters. The van der Waals surface area contributed by atoms with E-state index in [2.05, 4.69) is 20.3 Å². The number of hydrogen-bond donors (Lipinski definition) is 1. The lowest BCUT2D eigenvalue weighted by molar-refractivity contribution is 1.05. The van der Waals surface area contributed by atoms with Gasteiger partial charge in [-0.15, -0.1) is 0 Å². The van der Waals surface area contributed by atoms with Gasteiger partial charge in [0.2, 0.25) is 11.2 Å². The van der Waals surface area contributed by atoms with E-state index in [0.717, 1.165) is 16.8 Å². The number of anilines is 2. The van der Waals surface area contributed by atoms with E-state index in [1.807, 2.05) is 39.8 Å². The molecule has 19 heavy (non-hydrogen) atoms. The standard InChI is InChI=1S/C11H10Cl2N4.C2H6/c1-6-3-8(12)9(4-7(6)2)16-11-15-5-14-10(13)17-11;1-2/h3-5H,1-2H3,(H,14,15,16,17);1-2H3. The molecule has 1 aromatic heterocycles. The van der Waals surface area contributed by atoms with E-state index in [0.29, 0.717) is 11.0 Å². The largest absolute Gasteiger partial charge is 0.323 e. The van der Waals surface area contributed by atoms with E-state index in [9.17, 15) is 0 Å². The summed E-state index contributed by atoms with van der Waals surface area (Å²) >= 11 is 11.8. The molecule has 1 heterocycles. The monoisotopic (exact) mass is 298 g/mol. The minimum atomic E-state index is 0.141. The predicted octanol–water partition coefficient (Wildman–Crippen LogP) is 4.57. The highest BCUT2D eigenvalue weighted by Gasteiger charge is 2.05. The highest BCUT2D eigenvalue weighted by atomic mass is 35.5. The average Bonchev–Trinajstić information content (AvgIpc) is 2.38. The number of nitrogens with one attached hydrogen (secondary N) is 1. The summed E-state index contributed by atoms with van der Waals surface area (Å²) in [4.78, 5) is 11.6. The summed E-state index contributed by atoms with van der Waals surface area (Å²) in [5, 5.41) is 3.76. The van der Waals surface area contributed by atoms with Gasteiger partial charge in [-0.05, 0) is 48.7 Å². The summed E-state index contributed by atoms with van der Waals surface area (Å²) in [5.74, 6) is 0.371. The van der Waals surface area contributed by atoms with Gasteiger partial charge in [-0.3, -0.25) is 0 Å². The maximum Gasteiger partial charge on any atom is 0.231 e. The van der Waals surface area contributed by atoms with Crippen LogP contribution in [0.5, 0.6) is 0 Å². The van der Waals surface area contributed by atoms with Crippen molar-refractivity contribution < 1.29 is 0 Å². The first-order valence-electron chi connectivity index (χ1n) is 5.94. The molecule has 0 bridgehead atoms. The molecule has 0 saturated heterocycles. The van der Waals surface area contributed by atoms with Crippen molar-refractivity contribution in [1.29, 1.82) is 0 Å². The lowest BCUT2D eigenvalue weighted by Gasteiger charge is -2.09. The summed E-state index contributed by atoms with van der Waals surface area (Å²) in [6, 6.07) is 3.83. The zero-order valence-electron chi connectivity index (χ0n) is 11.3. The van der Waals surface area contributed by atoms with E-state index in [1.54, 1.807) is 0 Å². The van der Waals surface area contributed by atoms with Gasteiger partial charge in [0.1, 0.15) is 6.33 Å². The van der Waals surface area contributed by atoms with Gasteiger partial charge in [-0.1, -0.05) is 25.4 Å². The average molecular weight is 299 g/mol. The SMILES string of the molecule is CC.Cc1cc(Cl)c(Nc2ncnc(Cl)n2)cc1C. The van der Waals surface area contributed by atoms with Crippen molar-refractivity contribution >= 4 is 34.8 Å². The lowest BCUT2D eigenvalue weighted by atomic mass is 10.1. The van der Waals surface area contributed by atoms with Gasteiger partial charge >= 0.3 is 0 Å². The molecule has 0 spiro atoms. The number of hydrogen-bond acceptors (Lipinski definition) is 4. The van der Waals surface area contributed by atoms with Gasteiger partial charge in [-0.2, -0.15) is 4.98 Å². The van der Waals surface area contributed by atoms with Crippen molar-refractivity contribution in [2.24, 2.45) is 0 Å². The van der Waals surface area contributed by atoms with E-state index in [1.165, 1.54) is 6.33 Å². The predicted molar refractivity (Wildman–Crippen MR) is 80.4 cm³/mol. The molecule has 0 amide bonds. The Bertz CT molecular complexity index is 558. The Morgan fingerprint density at radius 1 is 1.00 bits per heavy atom. The molecule has 2 rings (SSSR count). The Morgan fingerprint density at radius 2 is 1.63 bits per heavy atom. The van der Waals surface area contributed by atoms with E-state index in [-0.39, 0.29) is 5.28 Å². The number of nitrogens with zero attached hydrogens (tertiary/aromatic N) is 3. The van der Waals surface area contributed by atoms with Crippen LogP contribution >= 0.6 is 23.2 Å². The highest BCUT2D eigenvalue weighted by Crippen LogP contribution is 2.27. The summed E-state index contributed by atoms with van der Waals surface area (Å²) in [7, 11) is 0. The zero-order chi connectivity index (χ0) is 14.4. The number of rotatable bonds is 2. The second-order valence-electron chi connectivity index (χ2n) is 3.62. The van der Waals surface area contributed by atoms with Crippen LogP contribution in [0.1, 0.15) is 25.0 Å². The quantitative estimate of drug-likeness (QED) is 0.882. The first kappa shape index (κ1) is 15.7. The number of aryl methyl sites for hydroxylation is 2. The normalized spacial score (nSPS) is 9.58. The molecular formula is C13H16Cl2N4. The van der Waals surface area contributed by atoms with Crippen LogP contribution in [0.3, 0.4) is 0 Å². The second kappa shape index (κ2) is 7.26. The maximum atomic E-state index is 6.12. The second-order valence-corrected chi connectivity index (χ2v) is 4.36. The van der Waals surface area contributed by atoms with Crippen molar-refractivity contribution in [2.75, 3.05) is 5.32 Å². The Morgan fingerprint density at radius 3 is 2.26 bits per heavy atom. The van der Waals surface area contributed by atoms with Crippen LogP contribution in [0.4, 0.5) is 11.6 Å². The van der Waals surface area contributed by atoms with Crippen LogP contribution in [-0.4, -0.2) is 15.0 Å². The van der Waals surface area contributed by atoms with E-state index in [4.69, 9.17) is 23.2 Å². The Labute approximate surface area is 123 Å². The zero-order valence-corrected chi connectivity index (χ0v) is 12.8. The van der Waals surface area contributed by atoms with Crippen molar-refractivity contribution in [2.45, 2.75) is 27.7 Å². The van der Waals surface area contributed by atoms with Gasteiger partial charge in [0, 0.05) is 0 Å². The van der Waals surface area contributed by atoms with Gasteiger partial charge in [-0.25, -0.2) is 9.97 Å². The molecule has 4 nitrogen and oxygen atoms in total. The molecule has 1 aromatic carbocycles. The van der Waals surface area contributed by atoms with Crippen LogP contribution in [0.15, 0.2) is 18.5 Å². The third-order valence-electron chi connectivity index (χ3n) is 2.37. The molecule has 1 N–H and O–H groups in total. The van der Waals surface area contributed by atoms with E-state index < -0.39 is 0 Å². The number of halogens is 2. The molecule has 0 aliphatic rings. The Balaban J connectivity index is 0.000000861. The molecule has 2 aromatic rings. The topological polar surface area (TPSA) is 50.7 Å². The summed E-state index contributed by atoms with van der Waals surface area (Å²) in [6.45, 7) is 8.02. The number of aromatic nitrogens is 3. The van der Waals surface area contributed by atoms with Crippen molar-refractivity contribution in [3.8, 4) is 0 Å². The van der Waals surface area contributed by atoms with E-state index >= 15 is 0 Å². The Hall–Kier alpha value is -1.39. The first-order chi connectivity index (χ1) is 9.06. The van der Waals surface area contributed by atoms with Crippen molar-refractivity contribution in [1.82, 2.24) is 15.0 Å². The fourth-order valence-electron chi connectivity index (χ4n) is 1.33. The molecule has 0 aliphatic carbocycles. The molecule has 0 unspecified atom stereocenters. The van der Waals surface area contributed by atoms with Crippen LogP contribution in [0.2, 0.25) is 10.3 Å². The molecule has 0 aliphatic heterocycles. The van der Waals surface area contributed by atoms with Crippen LogP contribution in [0.25, 0.3) is 0 Å². The number of benzene rings is 1. The third kappa shape index (κ3) is 4.33. The Kier molecular flexibility index (Phi) is 5.99. The minimum Gasteiger partial charge on any atom is -0.323 e. The molecule has 102 valence electrons. The van der Waals surface area contributed by atoms with Crippen LogP contribution in [-0.2, 0) is 0 Å². The fraction of sp³-hybridized carbons (Fsp3) is 0.308. The van der Waals surface area contributed by atoms with Crippen LogP contribution in [0, 0.1) is 13.8 Å². The maximum absolute atomic E-state index is 6.12. The summed E-state index contributed by atoms with van der Waals surface area (Å²) in [6.07, 6.45) is 1.34. The van der Waals surface area contributed by atoms with Gasteiger partial charge in [0.15, 0.2) is 0 Å². The molecule has 0 saturated carbocycles. The molecule has 6 heteroatoms. The molecule has 0 radical (unpaired) electrons. The summed E-state index contributed by atoms with van der Waals surface area (Å²) in [5.41, 5.74) is 3.02. The van der Waals surface area contributed by atoms with Gasteiger partial charge < -0.3 is 5.32 Å². The van der Waals surface area contributed by atoms with Gasteiger partial charge in [0.25, 0.3) is 0 Å². The van der Waals surface area contributed by atoms with Crippen molar-refractivity contribution in [3.63, 3.8) is 0 Å². The van der Waals surface area contributed by atoms with Crippen molar-refractivity contribution in [3.05, 3.63) is 39.9 Å². The van der Waals surface area contributed by atoms with Crippen LogP contribution < -0.4 is 5.32 Å². The molecular weight excluding hydrogens is 283 g/mol.